The first kappa shape index (κ1) is 16.8. The van der Waals surface area contributed by atoms with Crippen molar-refractivity contribution in [3.8, 4) is 0 Å². The second kappa shape index (κ2) is 6.95. The van der Waals surface area contributed by atoms with E-state index in [1.165, 1.54) is 0 Å². The van der Waals surface area contributed by atoms with Gasteiger partial charge in [0.05, 0.1) is 5.92 Å². The Hall–Kier alpha value is -1.27. The smallest absolute Gasteiger partial charge is 0.406 e. The summed E-state index contributed by atoms with van der Waals surface area (Å²) in [6.07, 6.45) is -2.51. The maximum Gasteiger partial charge on any atom is 0.406 e. The number of hydrogen-bond acceptors (Lipinski definition) is 2. The summed E-state index contributed by atoms with van der Waals surface area (Å²) in [5.41, 5.74) is 0. The fourth-order valence-corrected chi connectivity index (χ4v) is 2.60. The van der Waals surface area contributed by atoms with Crippen LogP contribution in [0.15, 0.2) is 0 Å². The molecule has 1 rings (SSSR count). The van der Waals surface area contributed by atoms with Crippen LogP contribution in [0.4, 0.5) is 13.2 Å². The largest absolute Gasteiger partial charge is 0.481 e. The van der Waals surface area contributed by atoms with E-state index in [2.05, 4.69) is 0 Å². The third kappa shape index (κ3) is 5.02. The lowest BCUT2D eigenvalue weighted by Gasteiger charge is -2.31. The predicted molar refractivity (Wildman–Crippen MR) is 66.0 cm³/mol. The highest BCUT2D eigenvalue weighted by Crippen LogP contribution is 2.31. The molecule has 116 valence electrons. The van der Waals surface area contributed by atoms with Gasteiger partial charge < -0.3 is 10.0 Å². The number of carboxylic acid groups (broad SMARTS) is 1. The van der Waals surface area contributed by atoms with Crippen molar-refractivity contribution in [2.45, 2.75) is 45.2 Å². The van der Waals surface area contributed by atoms with Crippen molar-refractivity contribution in [2.24, 2.45) is 11.8 Å². The fraction of sp³-hybridized carbons (Fsp3) is 0.846. The molecule has 1 N–H and O–H groups in total. The molecular formula is C13H20F3NO3. The second-order valence-corrected chi connectivity index (χ2v) is 5.26. The van der Waals surface area contributed by atoms with Gasteiger partial charge in [-0.25, -0.2) is 0 Å². The van der Waals surface area contributed by atoms with E-state index in [0.717, 1.165) is 4.90 Å². The Kier molecular flexibility index (Phi) is 5.83. The van der Waals surface area contributed by atoms with E-state index < -0.39 is 36.4 Å². The number of carbonyl (C=O) groups is 2. The van der Waals surface area contributed by atoms with Gasteiger partial charge in [-0.3, -0.25) is 9.59 Å². The molecule has 20 heavy (non-hydrogen) atoms. The summed E-state index contributed by atoms with van der Waals surface area (Å²) in [5.74, 6) is -2.33. The predicted octanol–water partition coefficient (Wildman–Crippen LogP) is 2.68. The third-order valence-electron chi connectivity index (χ3n) is 3.60. The van der Waals surface area contributed by atoms with Crippen molar-refractivity contribution in [2.75, 3.05) is 13.1 Å². The number of nitrogens with zero attached hydrogens (tertiary/aromatic N) is 1. The molecule has 0 radical (unpaired) electrons. The summed E-state index contributed by atoms with van der Waals surface area (Å²) < 4.78 is 37.4. The van der Waals surface area contributed by atoms with Gasteiger partial charge in [-0.05, 0) is 32.1 Å². The first-order chi connectivity index (χ1) is 9.24. The average Bonchev–Trinajstić information content (AvgIpc) is 2.36. The Morgan fingerprint density at radius 1 is 1.15 bits per heavy atom. The standard InChI is InChI=1S/C13H20F3NO3/c1-2-7-17(8-13(14,15)16)11(18)9-3-5-10(6-4-9)12(19)20/h9-10H,2-8H2,1H3,(H,19,20). The molecule has 1 fully saturated rings. The van der Waals surface area contributed by atoms with E-state index in [0.29, 0.717) is 32.1 Å². The number of carboxylic acids is 1. The lowest BCUT2D eigenvalue weighted by Crippen LogP contribution is -2.43. The number of rotatable bonds is 5. The van der Waals surface area contributed by atoms with Gasteiger partial charge >= 0.3 is 12.1 Å². The van der Waals surface area contributed by atoms with E-state index in [1.807, 2.05) is 0 Å². The van der Waals surface area contributed by atoms with E-state index in [9.17, 15) is 22.8 Å². The molecule has 0 saturated heterocycles. The molecule has 1 saturated carbocycles. The molecule has 4 nitrogen and oxygen atoms in total. The molecule has 0 atom stereocenters. The van der Waals surface area contributed by atoms with Crippen molar-refractivity contribution >= 4 is 11.9 Å². The minimum atomic E-state index is -4.40. The highest BCUT2D eigenvalue weighted by atomic mass is 19.4. The molecule has 7 heteroatoms. The molecule has 0 spiro atoms. The van der Waals surface area contributed by atoms with Gasteiger partial charge in [0.1, 0.15) is 6.54 Å². The lowest BCUT2D eigenvalue weighted by atomic mass is 9.81. The average molecular weight is 295 g/mol. The Labute approximate surface area is 115 Å². The van der Waals surface area contributed by atoms with Crippen molar-refractivity contribution in [1.29, 1.82) is 0 Å². The number of amides is 1. The van der Waals surface area contributed by atoms with Crippen LogP contribution in [0.1, 0.15) is 39.0 Å². The maximum atomic E-state index is 12.5. The molecule has 0 aliphatic heterocycles. The first-order valence-corrected chi connectivity index (χ1v) is 6.83. The number of halogens is 3. The van der Waals surface area contributed by atoms with Crippen LogP contribution in [0.3, 0.4) is 0 Å². The zero-order chi connectivity index (χ0) is 15.3. The Morgan fingerprint density at radius 3 is 2.05 bits per heavy atom. The van der Waals surface area contributed by atoms with Crippen molar-refractivity contribution in [3.05, 3.63) is 0 Å². The fourth-order valence-electron chi connectivity index (χ4n) is 2.60. The molecule has 1 aliphatic rings. The third-order valence-corrected chi connectivity index (χ3v) is 3.60. The number of alkyl halides is 3. The Bertz CT molecular complexity index is 349. The van der Waals surface area contributed by atoms with E-state index in [-0.39, 0.29) is 6.54 Å². The molecule has 0 aromatic carbocycles. The van der Waals surface area contributed by atoms with Gasteiger partial charge in [0.15, 0.2) is 0 Å². The Balaban J connectivity index is 2.60. The highest BCUT2D eigenvalue weighted by Gasteiger charge is 2.37. The van der Waals surface area contributed by atoms with Gasteiger partial charge in [0.2, 0.25) is 5.91 Å². The van der Waals surface area contributed by atoms with Crippen LogP contribution < -0.4 is 0 Å². The summed E-state index contributed by atoms with van der Waals surface area (Å²) in [4.78, 5) is 23.8. The van der Waals surface area contributed by atoms with Gasteiger partial charge in [0, 0.05) is 12.5 Å². The van der Waals surface area contributed by atoms with Crippen LogP contribution in [-0.2, 0) is 9.59 Å². The summed E-state index contributed by atoms with van der Waals surface area (Å²) >= 11 is 0. The Morgan fingerprint density at radius 2 is 1.65 bits per heavy atom. The van der Waals surface area contributed by atoms with E-state index in [4.69, 9.17) is 5.11 Å². The summed E-state index contributed by atoms with van der Waals surface area (Å²) in [7, 11) is 0. The summed E-state index contributed by atoms with van der Waals surface area (Å²) in [5, 5.41) is 8.87. The van der Waals surface area contributed by atoms with Crippen molar-refractivity contribution in [1.82, 2.24) is 4.90 Å². The second-order valence-electron chi connectivity index (χ2n) is 5.26. The SMILES string of the molecule is CCCN(CC(F)(F)F)C(=O)C1CCC(C(=O)O)CC1. The van der Waals surface area contributed by atoms with Crippen LogP contribution >= 0.6 is 0 Å². The topological polar surface area (TPSA) is 57.6 Å². The maximum absolute atomic E-state index is 12.5. The summed E-state index contributed by atoms with van der Waals surface area (Å²) in [6.45, 7) is 0.577. The molecule has 1 amide bonds. The van der Waals surface area contributed by atoms with Crippen LogP contribution in [0, 0.1) is 11.8 Å². The minimum Gasteiger partial charge on any atom is -0.481 e. The van der Waals surface area contributed by atoms with Crippen LogP contribution in [0.2, 0.25) is 0 Å². The molecule has 1 aliphatic carbocycles. The quantitative estimate of drug-likeness (QED) is 0.848. The first-order valence-electron chi connectivity index (χ1n) is 6.83. The zero-order valence-corrected chi connectivity index (χ0v) is 11.4. The van der Waals surface area contributed by atoms with Gasteiger partial charge in [-0.15, -0.1) is 0 Å². The lowest BCUT2D eigenvalue weighted by molar-refractivity contribution is -0.165. The minimum absolute atomic E-state index is 0.0806. The molecule has 0 aromatic rings. The molecular weight excluding hydrogens is 275 g/mol. The zero-order valence-electron chi connectivity index (χ0n) is 11.4. The van der Waals surface area contributed by atoms with E-state index in [1.54, 1.807) is 6.92 Å². The number of carbonyl (C=O) groups excluding carboxylic acids is 1. The molecule has 0 unspecified atom stereocenters. The van der Waals surface area contributed by atoms with Gasteiger partial charge in [-0.1, -0.05) is 6.92 Å². The highest BCUT2D eigenvalue weighted by molar-refractivity contribution is 5.79. The monoisotopic (exact) mass is 295 g/mol. The summed E-state index contributed by atoms with van der Waals surface area (Å²) in [6, 6.07) is 0. The van der Waals surface area contributed by atoms with Gasteiger partial charge in [-0.2, -0.15) is 13.2 Å². The van der Waals surface area contributed by atoms with E-state index >= 15 is 0 Å². The molecule has 0 bridgehead atoms. The van der Waals surface area contributed by atoms with Crippen molar-refractivity contribution < 1.29 is 27.9 Å². The van der Waals surface area contributed by atoms with Crippen LogP contribution in [0.5, 0.6) is 0 Å². The molecule has 0 aromatic heterocycles. The number of hydrogen-bond donors (Lipinski definition) is 1. The van der Waals surface area contributed by atoms with Gasteiger partial charge in [0.25, 0.3) is 0 Å². The normalized spacial score (nSPS) is 23.4. The van der Waals surface area contributed by atoms with Crippen molar-refractivity contribution in [3.63, 3.8) is 0 Å². The molecule has 0 heterocycles. The van der Waals surface area contributed by atoms with Crippen LogP contribution in [0.25, 0.3) is 0 Å². The van der Waals surface area contributed by atoms with Crippen LogP contribution in [-0.4, -0.2) is 41.1 Å². The number of aliphatic carboxylic acids is 1.